The molecule has 5 heteroatoms. The lowest BCUT2D eigenvalue weighted by molar-refractivity contribution is -0.123. The van der Waals surface area contributed by atoms with Crippen LogP contribution in [0.15, 0.2) is 78.2 Å². The second-order valence-electron chi connectivity index (χ2n) is 6.35. The van der Waals surface area contributed by atoms with Crippen LogP contribution in [0, 0.1) is 0 Å². The van der Waals surface area contributed by atoms with Crippen LogP contribution in [-0.2, 0) is 4.79 Å². The van der Waals surface area contributed by atoms with E-state index in [1.54, 1.807) is 6.07 Å². The van der Waals surface area contributed by atoms with Gasteiger partial charge in [-0.05, 0) is 28.5 Å². The fraction of sp³-hybridized carbons (Fsp3) is 0.182. The Hall–Kier alpha value is -2.92. The third-order valence-electron chi connectivity index (χ3n) is 4.37. The van der Waals surface area contributed by atoms with Crippen molar-refractivity contribution >= 4 is 23.2 Å². The first kappa shape index (κ1) is 18.9. The monoisotopic (exact) mass is 378 g/mol. The zero-order valence-electron chi connectivity index (χ0n) is 15.1. The van der Waals surface area contributed by atoms with E-state index in [4.69, 9.17) is 0 Å². The lowest BCUT2D eigenvalue weighted by Crippen LogP contribution is -2.41. The Labute approximate surface area is 163 Å². The summed E-state index contributed by atoms with van der Waals surface area (Å²) in [5.41, 5.74) is 1.92. The number of hydrogen-bond acceptors (Lipinski definition) is 3. The minimum Gasteiger partial charge on any atom is -0.353 e. The van der Waals surface area contributed by atoms with Crippen molar-refractivity contribution in [1.82, 2.24) is 10.6 Å². The average Bonchev–Trinajstić information content (AvgIpc) is 3.26. The summed E-state index contributed by atoms with van der Waals surface area (Å²) in [6, 6.07) is 22.2. The van der Waals surface area contributed by atoms with Gasteiger partial charge >= 0.3 is 0 Å². The van der Waals surface area contributed by atoms with E-state index in [0.717, 1.165) is 11.1 Å². The number of carbonyl (C=O) groups excluding carboxylic acids is 2. The van der Waals surface area contributed by atoms with Crippen molar-refractivity contribution in [3.8, 4) is 0 Å². The normalized spacial score (nSPS) is 12.8. The quantitative estimate of drug-likeness (QED) is 0.649. The van der Waals surface area contributed by atoms with E-state index >= 15 is 0 Å². The predicted octanol–water partition coefficient (Wildman–Crippen LogP) is 4.14. The van der Waals surface area contributed by atoms with Crippen LogP contribution in [0.5, 0.6) is 0 Å². The van der Waals surface area contributed by atoms with Crippen molar-refractivity contribution in [2.45, 2.75) is 18.9 Å². The Kier molecular flexibility index (Phi) is 6.39. The van der Waals surface area contributed by atoms with Gasteiger partial charge in [0.15, 0.2) is 0 Å². The number of nitrogens with one attached hydrogen (secondary N) is 2. The van der Waals surface area contributed by atoms with E-state index in [0.29, 0.717) is 11.4 Å². The van der Waals surface area contributed by atoms with E-state index in [1.807, 2.05) is 72.1 Å². The molecule has 2 aromatic carbocycles. The van der Waals surface area contributed by atoms with Crippen molar-refractivity contribution in [2.24, 2.45) is 0 Å². The minimum absolute atomic E-state index is 0.180. The number of rotatable bonds is 7. The van der Waals surface area contributed by atoms with Gasteiger partial charge in [-0.25, -0.2) is 0 Å². The lowest BCUT2D eigenvalue weighted by Gasteiger charge is -2.20. The van der Waals surface area contributed by atoms with Gasteiger partial charge < -0.3 is 10.6 Å². The molecule has 0 saturated carbocycles. The van der Waals surface area contributed by atoms with Gasteiger partial charge in [-0.3, -0.25) is 9.59 Å². The smallest absolute Gasteiger partial charge is 0.262 e. The highest BCUT2D eigenvalue weighted by atomic mass is 32.1. The molecule has 0 saturated heterocycles. The number of hydrogen-bond donors (Lipinski definition) is 2. The molecule has 0 aliphatic carbocycles. The summed E-state index contributed by atoms with van der Waals surface area (Å²) < 4.78 is 0. The molecule has 2 amide bonds. The first-order valence-electron chi connectivity index (χ1n) is 8.87. The largest absolute Gasteiger partial charge is 0.353 e. The predicted molar refractivity (Wildman–Crippen MR) is 109 cm³/mol. The lowest BCUT2D eigenvalue weighted by atomic mass is 10.0. The Morgan fingerprint density at radius 2 is 1.52 bits per heavy atom. The molecule has 2 N–H and O–H groups in total. The van der Waals surface area contributed by atoms with E-state index in [1.165, 1.54) is 11.3 Å². The summed E-state index contributed by atoms with van der Waals surface area (Å²) in [5.74, 6) is -0.279. The standard InChI is InChI=1S/C22H22N2O2S/c1-16(17-9-4-2-5-10-17)15-23-22(26)20(18-11-6-3-7-12-18)24-21(25)19-13-8-14-27-19/h2-14,16,20H,15H2,1H3,(H,23,26)(H,24,25). The number of thiophene rings is 1. The van der Waals surface area contributed by atoms with Crippen molar-refractivity contribution in [3.63, 3.8) is 0 Å². The summed E-state index contributed by atoms with van der Waals surface area (Å²) in [5, 5.41) is 7.68. The zero-order chi connectivity index (χ0) is 19.1. The third kappa shape index (κ3) is 5.05. The van der Waals surface area contributed by atoms with E-state index in [2.05, 4.69) is 17.6 Å². The molecule has 1 aromatic heterocycles. The molecular formula is C22H22N2O2S. The van der Waals surface area contributed by atoms with Crippen LogP contribution in [-0.4, -0.2) is 18.4 Å². The van der Waals surface area contributed by atoms with Gasteiger partial charge in [0.25, 0.3) is 5.91 Å². The molecule has 3 rings (SSSR count). The Morgan fingerprint density at radius 3 is 2.11 bits per heavy atom. The van der Waals surface area contributed by atoms with Gasteiger partial charge in [-0.1, -0.05) is 73.7 Å². The SMILES string of the molecule is CC(CNC(=O)C(NC(=O)c1cccs1)c1ccccc1)c1ccccc1. The van der Waals surface area contributed by atoms with E-state index in [9.17, 15) is 9.59 Å². The summed E-state index contributed by atoms with van der Waals surface area (Å²) in [6.07, 6.45) is 0. The van der Waals surface area contributed by atoms with Crippen LogP contribution < -0.4 is 10.6 Å². The molecule has 0 radical (unpaired) electrons. The van der Waals surface area contributed by atoms with Crippen molar-refractivity contribution in [2.75, 3.05) is 6.54 Å². The van der Waals surface area contributed by atoms with Crippen molar-refractivity contribution in [3.05, 3.63) is 94.2 Å². The molecule has 0 fully saturated rings. The van der Waals surface area contributed by atoms with Gasteiger partial charge in [-0.15, -0.1) is 11.3 Å². The van der Waals surface area contributed by atoms with Gasteiger partial charge in [0.05, 0.1) is 4.88 Å². The zero-order valence-corrected chi connectivity index (χ0v) is 15.9. The van der Waals surface area contributed by atoms with Gasteiger partial charge in [0.1, 0.15) is 6.04 Å². The summed E-state index contributed by atoms with van der Waals surface area (Å²) in [6.45, 7) is 2.57. The molecule has 0 aliphatic heterocycles. The highest BCUT2D eigenvalue weighted by Crippen LogP contribution is 2.17. The minimum atomic E-state index is -0.733. The molecule has 0 spiro atoms. The van der Waals surface area contributed by atoms with Crippen LogP contribution in [0.2, 0.25) is 0 Å². The summed E-state index contributed by atoms with van der Waals surface area (Å²) in [7, 11) is 0. The van der Waals surface area contributed by atoms with Crippen LogP contribution in [0.4, 0.5) is 0 Å². The Bertz CT molecular complexity index is 864. The fourth-order valence-electron chi connectivity index (χ4n) is 2.81. The Balaban J connectivity index is 1.70. The fourth-order valence-corrected chi connectivity index (χ4v) is 3.44. The highest BCUT2D eigenvalue weighted by molar-refractivity contribution is 7.12. The average molecular weight is 378 g/mol. The number of benzene rings is 2. The van der Waals surface area contributed by atoms with Crippen molar-refractivity contribution < 1.29 is 9.59 Å². The van der Waals surface area contributed by atoms with Gasteiger partial charge in [0, 0.05) is 6.54 Å². The molecule has 2 unspecified atom stereocenters. The van der Waals surface area contributed by atoms with Gasteiger partial charge in [0.2, 0.25) is 5.91 Å². The van der Waals surface area contributed by atoms with Crippen LogP contribution >= 0.6 is 11.3 Å². The highest BCUT2D eigenvalue weighted by Gasteiger charge is 2.24. The summed E-state index contributed by atoms with van der Waals surface area (Å²) >= 11 is 1.35. The molecular weight excluding hydrogens is 356 g/mol. The first-order valence-corrected chi connectivity index (χ1v) is 9.75. The topological polar surface area (TPSA) is 58.2 Å². The maximum absolute atomic E-state index is 12.9. The molecule has 138 valence electrons. The first-order chi connectivity index (χ1) is 13.1. The second-order valence-corrected chi connectivity index (χ2v) is 7.30. The second kappa shape index (κ2) is 9.14. The molecule has 0 bridgehead atoms. The van der Waals surface area contributed by atoms with Crippen LogP contribution in [0.3, 0.4) is 0 Å². The molecule has 0 aliphatic rings. The molecule has 1 heterocycles. The van der Waals surface area contributed by atoms with Crippen molar-refractivity contribution in [1.29, 1.82) is 0 Å². The Morgan fingerprint density at radius 1 is 0.889 bits per heavy atom. The number of carbonyl (C=O) groups is 2. The van der Waals surface area contributed by atoms with Crippen LogP contribution in [0.1, 0.15) is 39.7 Å². The molecule has 4 nitrogen and oxygen atoms in total. The van der Waals surface area contributed by atoms with Gasteiger partial charge in [-0.2, -0.15) is 0 Å². The maximum Gasteiger partial charge on any atom is 0.262 e. The summed E-state index contributed by atoms with van der Waals surface area (Å²) in [4.78, 5) is 25.9. The van der Waals surface area contributed by atoms with Crippen LogP contribution in [0.25, 0.3) is 0 Å². The third-order valence-corrected chi connectivity index (χ3v) is 5.24. The molecule has 27 heavy (non-hydrogen) atoms. The maximum atomic E-state index is 12.9. The van der Waals surface area contributed by atoms with E-state index < -0.39 is 6.04 Å². The van der Waals surface area contributed by atoms with E-state index in [-0.39, 0.29) is 17.7 Å². The molecule has 3 aromatic rings. The number of amides is 2. The molecule has 2 atom stereocenters.